The van der Waals surface area contributed by atoms with Gasteiger partial charge in [0.2, 0.25) is 5.84 Å². The fourth-order valence-corrected chi connectivity index (χ4v) is 0.351. The third-order valence-electron chi connectivity index (χ3n) is 0.785. The summed E-state index contributed by atoms with van der Waals surface area (Å²) in [7, 11) is 0. The van der Waals surface area contributed by atoms with Gasteiger partial charge in [0.1, 0.15) is 5.84 Å². The van der Waals surface area contributed by atoms with E-state index < -0.39 is 17.4 Å². The van der Waals surface area contributed by atoms with E-state index in [2.05, 4.69) is 10.3 Å². The zero-order valence-corrected chi connectivity index (χ0v) is 5.31. The van der Waals surface area contributed by atoms with Gasteiger partial charge in [-0.15, -0.1) is 0 Å². The van der Waals surface area contributed by atoms with Crippen LogP contribution in [-0.4, -0.2) is 33.0 Å². The Bertz CT molecular complexity index is 209. The summed E-state index contributed by atoms with van der Waals surface area (Å²) in [6.07, 6.45) is 0. The highest BCUT2D eigenvalue weighted by Crippen LogP contribution is 1.79. The van der Waals surface area contributed by atoms with E-state index >= 15 is 0 Å². The van der Waals surface area contributed by atoms with Crippen LogP contribution >= 0.6 is 0 Å². The highest BCUT2D eigenvalue weighted by Gasteiger charge is 2.12. The van der Waals surface area contributed by atoms with Gasteiger partial charge in [-0.05, 0) is 0 Å². The van der Waals surface area contributed by atoms with Crippen molar-refractivity contribution in [3.8, 4) is 0 Å². The highest BCUT2D eigenvalue weighted by atomic mass is 16.5. The largest absolute Gasteiger partial charge is 0.410 e. The van der Waals surface area contributed by atoms with Gasteiger partial charge in [-0.2, -0.15) is 0 Å². The van der Waals surface area contributed by atoms with E-state index in [4.69, 9.17) is 26.8 Å². The van der Waals surface area contributed by atoms with Crippen LogP contribution in [0.4, 0.5) is 0 Å². The molecular weight excluding hydrogens is 154 g/mol. The monoisotopic (exact) mass is 161 g/mol. The Balaban J connectivity index is 4.65. The first kappa shape index (κ1) is 9.17. The van der Waals surface area contributed by atoms with Crippen LogP contribution < -0.4 is 11.2 Å². The third-order valence-corrected chi connectivity index (χ3v) is 0.785. The topological polar surface area (TPSA) is 147 Å². The summed E-state index contributed by atoms with van der Waals surface area (Å²) in [6, 6.07) is 0. The van der Waals surface area contributed by atoms with Gasteiger partial charge >= 0.3 is 0 Å². The zero-order chi connectivity index (χ0) is 8.85. The number of nitrogens with zero attached hydrogens (tertiary/aromatic N) is 2. The van der Waals surface area contributed by atoms with Gasteiger partial charge < -0.3 is 16.1 Å². The number of hydrogen-bond donors (Lipinski definition) is 6. The molecule has 0 aromatic heterocycles. The molecule has 0 unspecified atom stereocenters. The molecule has 0 saturated carbocycles. The number of nitrogens with two attached hydrogens (primary N) is 1. The molecule has 0 atom stereocenters. The van der Waals surface area contributed by atoms with Crippen molar-refractivity contribution in [1.29, 1.82) is 5.41 Å². The number of hydrogen-bond acceptors (Lipinski definition) is 6. The van der Waals surface area contributed by atoms with Gasteiger partial charge in [-0.25, -0.2) is 5.48 Å². The van der Waals surface area contributed by atoms with E-state index in [0.717, 1.165) is 0 Å². The fraction of sp³-hybridized carbons (Fsp3) is 0. The average Bonchev–Trinajstić information content (AvgIpc) is 1.99. The van der Waals surface area contributed by atoms with E-state index in [1.165, 1.54) is 5.48 Å². The van der Waals surface area contributed by atoms with Crippen molar-refractivity contribution < 1.29 is 15.6 Å². The van der Waals surface area contributed by atoms with Crippen molar-refractivity contribution in [2.24, 2.45) is 16.0 Å². The predicted molar refractivity (Wildman–Crippen MR) is 35.3 cm³/mol. The summed E-state index contributed by atoms with van der Waals surface area (Å²) in [4.78, 5) is 0. The second kappa shape index (κ2) is 4.06. The van der Waals surface area contributed by atoms with Crippen molar-refractivity contribution in [3.63, 3.8) is 0 Å². The number of nitrogens with one attached hydrogen (secondary N) is 2. The maximum Gasteiger partial charge on any atom is 0.222 e. The molecule has 0 aliphatic carbocycles. The number of rotatable bonds is 2. The molecule has 0 aliphatic rings. The van der Waals surface area contributed by atoms with Crippen LogP contribution in [0.5, 0.6) is 0 Å². The summed E-state index contributed by atoms with van der Waals surface area (Å²) in [6.45, 7) is 0. The molecule has 0 spiro atoms. The van der Waals surface area contributed by atoms with Crippen molar-refractivity contribution in [2.75, 3.05) is 0 Å². The van der Waals surface area contributed by atoms with Crippen LogP contribution in [0.2, 0.25) is 0 Å². The Morgan fingerprint density at radius 2 is 1.91 bits per heavy atom. The number of amidine groups is 2. The molecule has 0 aromatic rings. The van der Waals surface area contributed by atoms with Gasteiger partial charge in [-0.1, -0.05) is 10.3 Å². The minimum Gasteiger partial charge on any atom is -0.410 e. The van der Waals surface area contributed by atoms with Crippen LogP contribution in [-0.2, 0) is 0 Å². The smallest absolute Gasteiger partial charge is 0.222 e. The van der Waals surface area contributed by atoms with Gasteiger partial charge in [0.25, 0.3) is 0 Å². The Labute approximate surface area is 61.1 Å². The molecule has 0 saturated heterocycles. The van der Waals surface area contributed by atoms with Gasteiger partial charge in [0.05, 0.1) is 0 Å². The molecule has 7 N–H and O–H groups in total. The lowest BCUT2D eigenvalue weighted by molar-refractivity contribution is 0.225. The van der Waals surface area contributed by atoms with E-state index in [1.54, 1.807) is 0 Å². The summed E-state index contributed by atoms with van der Waals surface area (Å²) in [5.74, 6) is -1.26. The van der Waals surface area contributed by atoms with Crippen LogP contribution in [0.1, 0.15) is 0 Å². The zero-order valence-electron chi connectivity index (χ0n) is 5.31. The minimum atomic E-state index is -0.651. The molecular formula is C3H7N5O3. The molecule has 8 heteroatoms. The molecule has 62 valence electrons. The normalized spacial score (nSPS) is 12.8. The van der Waals surface area contributed by atoms with Crippen molar-refractivity contribution in [1.82, 2.24) is 5.48 Å². The van der Waals surface area contributed by atoms with E-state index in [0.29, 0.717) is 0 Å². The number of oxime groups is 2. The summed E-state index contributed by atoms with van der Waals surface area (Å²) < 4.78 is 0. The molecule has 0 aliphatic heterocycles. The van der Waals surface area contributed by atoms with Crippen LogP contribution in [0.25, 0.3) is 0 Å². The summed E-state index contributed by atoms with van der Waals surface area (Å²) >= 11 is 0. The first-order valence-electron chi connectivity index (χ1n) is 2.36. The van der Waals surface area contributed by atoms with E-state index in [9.17, 15) is 0 Å². The van der Waals surface area contributed by atoms with Crippen LogP contribution in [0, 0.1) is 5.41 Å². The molecule has 0 aromatic carbocycles. The Kier molecular flexibility index (Phi) is 3.39. The molecule has 0 radical (unpaired) electrons. The van der Waals surface area contributed by atoms with Crippen molar-refractivity contribution in [2.45, 2.75) is 0 Å². The van der Waals surface area contributed by atoms with Crippen LogP contribution in [0.3, 0.4) is 0 Å². The summed E-state index contributed by atoms with van der Waals surface area (Å²) in [5, 5.41) is 36.1. The Morgan fingerprint density at radius 3 is 2.00 bits per heavy atom. The Hall–Kier alpha value is -1.83. The fourth-order valence-electron chi connectivity index (χ4n) is 0.351. The standard InChI is InChI=1S/C3H7N5O3/c4-2(5)1(6-9)3(7-10)8-11/h9-11H,(H3,4,5)(H,7,8). The first-order chi connectivity index (χ1) is 5.17. The third kappa shape index (κ3) is 2.10. The quantitative estimate of drug-likeness (QED) is 0.126. The van der Waals surface area contributed by atoms with E-state index in [-0.39, 0.29) is 0 Å². The summed E-state index contributed by atoms with van der Waals surface area (Å²) in [5.41, 5.74) is 5.66. The van der Waals surface area contributed by atoms with Crippen LogP contribution in [0.15, 0.2) is 10.3 Å². The maximum absolute atomic E-state index is 8.19. The SMILES string of the molecule is N=C(N)C(=NO)C(=NO)NO. The molecule has 0 bridgehead atoms. The minimum absolute atomic E-state index is 0.560. The van der Waals surface area contributed by atoms with E-state index in [1.807, 2.05) is 0 Å². The maximum atomic E-state index is 8.19. The van der Waals surface area contributed by atoms with Crippen molar-refractivity contribution >= 4 is 17.4 Å². The van der Waals surface area contributed by atoms with Gasteiger partial charge in [0.15, 0.2) is 5.71 Å². The predicted octanol–water partition coefficient (Wildman–Crippen LogP) is -1.48. The molecule has 11 heavy (non-hydrogen) atoms. The van der Waals surface area contributed by atoms with Crippen molar-refractivity contribution in [3.05, 3.63) is 0 Å². The Morgan fingerprint density at radius 1 is 1.36 bits per heavy atom. The molecule has 0 heterocycles. The van der Waals surface area contributed by atoms with Gasteiger partial charge in [-0.3, -0.25) is 10.6 Å². The molecule has 8 nitrogen and oxygen atoms in total. The second-order valence-electron chi connectivity index (χ2n) is 1.42. The first-order valence-corrected chi connectivity index (χ1v) is 2.36. The molecule has 0 amide bonds. The highest BCUT2D eigenvalue weighted by molar-refractivity contribution is 6.66. The average molecular weight is 161 g/mol. The molecule has 0 rings (SSSR count). The lowest BCUT2D eigenvalue weighted by Gasteiger charge is -2.00. The molecule has 0 fully saturated rings. The second-order valence-corrected chi connectivity index (χ2v) is 1.42. The van der Waals surface area contributed by atoms with Gasteiger partial charge in [0, 0.05) is 0 Å². The lowest BCUT2D eigenvalue weighted by Crippen LogP contribution is -2.37. The number of hydroxylamine groups is 1. The lowest BCUT2D eigenvalue weighted by atomic mass is 10.3.